The molecule has 0 aromatic heterocycles. The van der Waals surface area contributed by atoms with Crippen molar-refractivity contribution in [2.45, 2.75) is 0 Å². The van der Waals surface area contributed by atoms with Crippen LogP contribution in [0, 0.1) is 0 Å². The predicted molar refractivity (Wildman–Crippen MR) is 43.5 cm³/mol. The van der Waals surface area contributed by atoms with Gasteiger partial charge in [-0.3, -0.25) is 0 Å². The van der Waals surface area contributed by atoms with Gasteiger partial charge in [-0.05, 0) is 0 Å². The van der Waals surface area contributed by atoms with Crippen LogP contribution >= 0.6 is 50.5 Å². The Balaban J connectivity index is 0. The minimum atomic E-state index is 0. The fourth-order valence-electron chi connectivity index (χ4n) is 0. The summed E-state index contributed by atoms with van der Waals surface area (Å²) >= 11 is 5.22. The Bertz CT molecular complexity index is 3.25. The fraction of sp³-hybridized carbons (Fsp3) is 0. The number of hydrogen-bond donors (Lipinski definition) is 0. The van der Waals surface area contributed by atoms with Gasteiger partial charge in [0.2, 0.25) is 0 Å². The van der Waals surface area contributed by atoms with Crippen molar-refractivity contribution >= 4 is 50.5 Å². The Morgan fingerprint density at radius 2 is 1.25 bits per heavy atom. The van der Waals surface area contributed by atoms with Gasteiger partial charge in [-0.2, -0.15) is 0 Å². The fourth-order valence-corrected chi connectivity index (χ4v) is 0. The summed E-state index contributed by atoms with van der Waals surface area (Å²) in [6.07, 6.45) is 0. The Labute approximate surface area is 68.2 Å². The van der Waals surface area contributed by atoms with Gasteiger partial charge in [0.15, 0.2) is 0 Å². The van der Waals surface area contributed by atoms with Gasteiger partial charge in [-0.1, -0.05) is 0 Å². The van der Waals surface area contributed by atoms with Gasteiger partial charge in [0.25, 0.3) is 0 Å². The summed E-state index contributed by atoms with van der Waals surface area (Å²) in [5.41, 5.74) is 0. The van der Waals surface area contributed by atoms with Crippen LogP contribution in [-0.4, -0.2) is 0 Å². The second-order valence-corrected chi connectivity index (χ2v) is 17.6. The first-order valence-corrected chi connectivity index (χ1v) is 13.9. The third kappa shape index (κ3) is 8.84. The van der Waals surface area contributed by atoms with Crippen molar-refractivity contribution in [3.8, 4) is 0 Å². The van der Waals surface area contributed by atoms with Crippen LogP contribution in [0.15, 0.2) is 0 Å². The van der Waals surface area contributed by atoms with Gasteiger partial charge >= 0.3 is 50.5 Å². The van der Waals surface area contributed by atoms with Crippen LogP contribution in [0.5, 0.6) is 0 Å². The largest absolute Gasteiger partial charge is 0 e. The van der Waals surface area contributed by atoms with Crippen LogP contribution in [0.1, 0.15) is 0 Å². The summed E-state index contributed by atoms with van der Waals surface area (Å²) in [6.45, 7) is 0. The average Bonchev–Trinajstić information content (AvgIpc) is 0.918. The van der Waals surface area contributed by atoms with Gasteiger partial charge in [0, 0.05) is 19.5 Å². The van der Waals surface area contributed by atoms with E-state index in [4.69, 9.17) is 0 Å². The molecule has 4 heteroatoms. The molecule has 0 atom stereocenters. The van der Waals surface area contributed by atoms with E-state index < -0.39 is 0 Å². The van der Waals surface area contributed by atoms with E-state index in [2.05, 4.69) is 37.2 Å². The van der Waals surface area contributed by atoms with Crippen LogP contribution in [0.3, 0.4) is 0 Å². The number of rotatable bonds is 0. The number of hydrogen-bond acceptors (Lipinski definition) is 0. The van der Waals surface area contributed by atoms with Crippen molar-refractivity contribution in [1.82, 2.24) is 0 Å². The molecule has 0 spiro atoms. The van der Waals surface area contributed by atoms with Crippen molar-refractivity contribution in [2.75, 3.05) is 0 Å². The SMILES string of the molecule is I[IH]I.[Zn]. The summed E-state index contributed by atoms with van der Waals surface area (Å²) in [4.78, 5) is 0. The maximum absolute atomic E-state index is 2.41. The molecule has 0 amide bonds. The third-order valence-corrected chi connectivity index (χ3v) is 0. The summed E-state index contributed by atoms with van der Waals surface area (Å²) in [7, 11) is 0. The van der Waals surface area contributed by atoms with E-state index in [0.717, 1.165) is 0 Å². The molecule has 0 fully saturated rings. The standard InChI is InChI=1S/HI3.Zn/c1-3-2;/h3H;. The second-order valence-electron chi connectivity index (χ2n) is 0.0583. The van der Waals surface area contributed by atoms with Crippen molar-refractivity contribution in [3.05, 3.63) is 0 Å². The zero-order valence-corrected chi connectivity index (χ0v) is 11.5. The van der Waals surface area contributed by atoms with Crippen molar-refractivity contribution in [1.29, 1.82) is 0 Å². The minimum Gasteiger partial charge on any atom is 0 e. The van der Waals surface area contributed by atoms with Gasteiger partial charge in [0.1, 0.15) is 0 Å². The van der Waals surface area contributed by atoms with Crippen LogP contribution in [0.2, 0.25) is 0 Å². The first kappa shape index (κ1) is 9.94. The number of halogens is 3. The van der Waals surface area contributed by atoms with Crippen molar-refractivity contribution in [3.63, 3.8) is 0 Å². The molecule has 24 valence electrons. The molecule has 0 radical (unpaired) electrons. The molecule has 4 heavy (non-hydrogen) atoms. The molecule has 0 aliphatic carbocycles. The van der Waals surface area contributed by atoms with Gasteiger partial charge < -0.3 is 0 Å². The molecule has 0 bridgehead atoms. The first-order valence-electron chi connectivity index (χ1n) is 0.309. The van der Waals surface area contributed by atoms with E-state index in [0.29, 0.717) is 13.3 Å². The van der Waals surface area contributed by atoms with E-state index >= 15 is 0 Å². The molecule has 0 rings (SSSR count). The van der Waals surface area contributed by atoms with E-state index in [1.54, 1.807) is 0 Å². The summed E-state index contributed by atoms with van der Waals surface area (Å²) in [5, 5.41) is 0. The van der Waals surface area contributed by atoms with Crippen molar-refractivity contribution < 1.29 is 19.5 Å². The monoisotopic (exact) mass is 446 g/mol. The van der Waals surface area contributed by atoms with E-state index in [1.807, 2.05) is 0 Å². The Morgan fingerprint density at radius 3 is 1.25 bits per heavy atom. The van der Waals surface area contributed by atoms with Gasteiger partial charge in [-0.15, -0.1) is 0 Å². The summed E-state index contributed by atoms with van der Waals surface area (Å²) in [6, 6.07) is 0. The van der Waals surface area contributed by atoms with Crippen LogP contribution in [0.25, 0.3) is 0 Å². The molecule has 0 aliphatic rings. The Hall–Kier alpha value is 2.81. The zero-order valence-electron chi connectivity index (χ0n) is 1.87. The zero-order chi connectivity index (χ0) is 2.71. The average molecular weight is 447 g/mol. The Morgan fingerprint density at radius 1 is 1.25 bits per heavy atom. The molecule has 0 heterocycles. The summed E-state index contributed by atoms with van der Waals surface area (Å²) in [5.74, 6) is 0. The minimum absolute atomic E-state index is 0. The van der Waals surface area contributed by atoms with E-state index in [-0.39, 0.29) is 19.5 Å². The van der Waals surface area contributed by atoms with Crippen LogP contribution in [0.4, 0.5) is 0 Å². The molecule has 0 unspecified atom stereocenters. The molecule has 0 saturated heterocycles. The maximum atomic E-state index is 2.41. The van der Waals surface area contributed by atoms with E-state index in [1.165, 1.54) is 0 Å². The quantitative estimate of drug-likeness (QED) is 0.396. The van der Waals surface area contributed by atoms with Crippen LogP contribution < -0.4 is 0 Å². The van der Waals surface area contributed by atoms with E-state index in [9.17, 15) is 0 Å². The first-order chi connectivity index (χ1) is 1.41. The summed E-state index contributed by atoms with van der Waals surface area (Å²) < 4.78 is 0. The normalized spacial score (nSPS) is 5.50. The van der Waals surface area contributed by atoms with Gasteiger partial charge in [-0.25, -0.2) is 0 Å². The molecule has 0 aromatic rings. The molecular formula is HI3Zn. The maximum Gasteiger partial charge on any atom is 0 e. The van der Waals surface area contributed by atoms with Crippen LogP contribution in [-0.2, 0) is 19.5 Å². The molecule has 0 saturated carbocycles. The topological polar surface area (TPSA) is 0 Å². The molecule has 0 N–H and O–H groups in total. The van der Waals surface area contributed by atoms with Gasteiger partial charge in [0.05, 0.1) is 0 Å². The third-order valence-electron chi connectivity index (χ3n) is 0. The molecule has 0 aliphatic heterocycles. The van der Waals surface area contributed by atoms with Crippen molar-refractivity contribution in [2.24, 2.45) is 0 Å². The smallest absolute Gasteiger partial charge is 0 e. The molecule has 0 aromatic carbocycles. The Kier molecular flexibility index (Phi) is 23.0. The molecule has 0 nitrogen and oxygen atoms in total. The molecular weight excluding hydrogens is 446 g/mol. The second kappa shape index (κ2) is 9.26. The predicted octanol–water partition coefficient (Wildman–Crippen LogP) is 2.39.